The lowest BCUT2D eigenvalue weighted by atomic mass is 10.1. The summed E-state index contributed by atoms with van der Waals surface area (Å²) in [6.07, 6.45) is 2.91. The van der Waals surface area contributed by atoms with Gasteiger partial charge < -0.3 is 10.1 Å². The number of nitrogens with one attached hydrogen (secondary N) is 1. The molecule has 0 atom stereocenters. The molecule has 0 bridgehead atoms. The van der Waals surface area contributed by atoms with Crippen LogP contribution in [0.2, 0.25) is 0 Å². The van der Waals surface area contributed by atoms with E-state index < -0.39 is 10.0 Å². The number of carbonyl (C=O) groups excluding carboxylic acids is 1. The Hall–Kier alpha value is -2.38. The highest BCUT2D eigenvalue weighted by Gasteiger charge is 2.28. The Balaban J connectivity index is 1.63. The maximum Gasteiger partial charge on any atom is 0.245 e. The molecule has 2 aromatic carbocycles. The van der Waals surface area contributed by atoms with Crippen LogP contribution in [0.4, 0.5) is 5.69 Å². The first kappa shape index (κ1) is 21.3. The highest BCUT2D eigenvalue weighted by Crippen LogP contribution is 2.27. The zero-order chi connectivity index (χ0) is 20.9. The molecule has 1 fully saturated rings. The van der Waals surface area contributed by atoms with Crippen LogP contribution in [-0.4, -0.2) is 38.3 Å². The molecule has 0 aliphatic carbocycles. The number of amides is 1. The summed E-state index contributed by atoms with van der Waals surface area (Å²) < 4.78 is 33.2. The fraction of sp³-hybridized carbons (Fsp3) is 0.409. The van der Waals surface area contributed by atoms with Gasteiger partial charge >= 0.3 is 0 Å². The lowest BCUT2D eigenvalue weighted by Gasteiger charge is -2.26. The number of aryl methyl sites for hydroxylation is 2. The molecule has 3 rings (SSSR count). The van der Waals surface area contributed by atoms with Crippen molar-refractivity contribution in [2.45, 2.75) is 44.4 Å². The highest BCUT2D eigenvalue weighted by atomic mass is 32.2. The monoisotopic (exact) mass is 416 g/mol. The molecule has 2 aromatic rings. The molecule has 6 nitrogen and oxygen atoms in total. The molecule has 1 saturated heterocycles. The van der Waals surface area contributed by atoms with E-state index >= 15 is 0 Å². The van der Waals surface area contributed by atoms with Crippen LogP contribution in [0.15, 0.2) is 47.4 Å². The number of benzene rings is 2. The molecule has 0 unspecified atom stereocenters. The number of carbonyl (C=O) groups is 1. The first-order chi connectivity index (χ1) is 13.9. The molecule has 0 aromatic heterocycles. The normalized spacial score (nSPS) is 15.1. The molecule has 1 aliphatic heterocycles. The fourth-order valence-corrected chi connectivity index (χ4v) is 5.19. The van der Waals surface area contributed by atoms with E-state index in [9.17, 15) is 13.2 Å². The van der Waals surface area contributed by atoms with E-state index in [0.717, 1.165) is 36.1 Å². The van der Waals surface area contributed by atoms with Gasteiger partial charge in [0.2, 0.25) is 15.9 Å². The number of ether oxygens (including phenoxy) is 1. The van der Waals surface area contributed by atoms with Crippen LogP contribution in [0.25, 0.3) is 0 Å². The van der Waals surface area contributed by atoms with E-state index in [4.69, 9.17) is 4.74 Å². The van der Waals surface area contributed by atoms with E-state index in [-0.39, 0.29) is 23.8 Å². The fourth-order valence-electron chi connectivity index (χ4n) is 3.53. The summed E-state index contributed by atoms with van der Waals surface area (Å²) >= 11 is 0. The van der Waals surface area contributed by atoms with E-state index in [1.54, 1.807) is 24.3 Å². The molecule has 0 saturated carbocycles. The van der Waals surface area contributed by atoms with Gasteiger partial charge in [-0.2, -0.15) is 4.31 Å². The van der Waals surface area contributed by atoms with Crippen LogP contribution in [0, 0.1) is 13.8 Å². The Morgan fingerprint density at radius 3 is 2.38 bits per heavy atom. The molecule has 1 heterocycles. The third-order valence-electron chi connectivity index (χ3n) is 4.89. The van der Waals surface area contributed by atoms with Gasteiger partial charge in [-0.25, -0.2) is 8.42 Å². The van der Waals surface area contributed by atoms with Gasteiger partial charge in [0.05, 0.1) is 18.7 Å². The van der Waals surface area contributed by atoms with Crippen molar-refractivity contribution in [2.24, 2.45) is 0 Å². The second-order valence-corrected chi connectivity index (χ2v) is 9.34. The van der Waals surface area contributed by atoms with Gasteiger partial charge in [-0.1, -0.05) is 24.6 Å². The summed E-state index contributed by atoms with van der Waals surface area (Å²) in [4.78, 5) is 12.5. The highest BCUT2D eigenvalue weighted by molar-refractivity contribution is 7.89. The van der Waals surface area contributed by atoms with Crippen molar-refractivity contribution in [3.05, 3.63) is 53.6 Å². The van der Waals surface area contributed by atoms with Crippen molar-refractivity contribution < 1.29 is 17.9 Å². The van der Waals surface area contributed by atoms with Gasteiger partial charge in [0.1, 0.15) is 10.6 Å². The average Bonchev–Trinajstić information content (AvgIpc) is 2.68. The minimum atomic E-state index is -3.62. The quantitative estimate of drug-likeness (QED) is 0.743. The number of hydrogen-bond donors (Lipinski definition) is 1. The Morgan fingerprint density at radius 1 is 1.03 bits per heavy atom. The molecular formula is C22H28N2O4S. The molecule has 0 radical (unpaired) electrons. The van der Waals surface area contributed by atoms with E-state index in [1.165, 1.54) is 4.31 Å². The molecule has 156 valence electrons. The zero-order valence-corrected chi connectivity index (χ0v) is 17.8. The average molecular weight is 417 g/mol. The number of hydrogen-bond acceptors (Lipinski definition) is 4. The maximum atomic E-state index is 13.0. The second-order valence-electron chi connectivity index (χ2n) is 7.43. The van der Waals surface area contributed by atoms with Gasteiger partial charge in [-0.3, -0.25) is 4.79 Å². The SMILES string of the molecule is Cc1cc(C)cc(OCCC(=O)Nc2ccccc2S(=O)(=O)N2CCCCC2)c1. The molecule has 1 aliphatic rings. The number of nitrogens with zero attached hydrogens (tertiary/aromatic N) is 1. The van der Waals surface area contributed by atoms with Crippen molar-refractivity contribution >= 4 is 21.6 Å². The first-order valence-electron chi connectivity index (χ1n) is 9.96. The Morgan fingerprint density at radius 2 is 1.69 bits per heavy atom. The summed E-state index contributed by atoms with van der Waals surface area (Å²) in [7, 11) is -3.62. The minimum absolute atomic E-state index is 0.130. The first-order valence-corrected chi connectivity index (χ1v) is 11.4. The van der Waals surface area contributed by atoms with Crippen molar-refractivity contribution in [1.29, 1.82) is 0 Å². The number of para-hydroxylation sites is 1. The zero-order valence-electron chi connectivity index (χ0n) is 17.0. The Bertz CT molecular complexity index is 946. The van der Waals surface area contributed by atoms with Gasteiger partial charge in [0, 0.05) is 13.1 Å². The third kappa shape index (κ3) is 5.58. The molecule has 0 spiro atoms. The molecule has 1 amide bonds. The predicted molar refractivity (Wildman–Crippen MR) is 114 cm³/mol. The molecular weight excluding hydrogens is 388 g/mol. The maximum absolute atomic E-state index is 13.0. The lowest BCUT2D eigenvalue weighted by Crippen LogP contribution is -2.36. The van der Waals surface area contributed by atoms with Gasteiger partial charge in [-0.15, -0.1) is 0 Å². The summed E-state index contributed by atoms with van der Waals surface area (Å²) in [6.45, 7) is 5.25. The number of rotatable bonds is 7. The van der Waals surface area contributed by atoms with Crippen LogP contribution in [-0.2, 0) is 14.8 Å². The topological polar surface area (TPSA) is 75.7 Å². The number of piperidine rings is 1. The summed E-state index contributed by atoms with van der Waals surface area (Å²) in [5, 5.41) is 2.74. The van der Waals surface area contributed by atoms with Crippen molar-refractivity contribution in [1.82, 2.24) is 4.31 Å². The Labute approximate surface area is 172 Å². The molecule has 7 heteroatoms. The second kappa shape index (κ2) is 9.41. The van der Waals surface area contributed by atoms with E-state index in [0.29, 0.717) is 18.8 Å². The smallest absolute Gasteiger partial charge is 0.245 e. The van der Waals surface area contributed by atoms with Crippen LogP contribution in [0.5, 0.6) is 5.75 Å². The van der Waals surface area contributed by atoms with Crippen LogP contribution in [0.1, 0.15) is 36.8 Å². The van der Waals surface area contributed by atoms with Gasteiger partial charge in [0.25, 0.3) is 0 Å². The van der Waals surface area contributed by atoms with E-state index in [2.05, 4.69) is 11.4 Å². The van der Waals surface area contributed by atoms with Crippen LogP contribution < -0.4 is 10.1 Å². The van der Waals surface area contributed by atoms with Crippen molar-refractivity contribution in [3.8, 4) is 5.75 Å². The van der Waals surface area contributed by atoms with Crippen molar-refractivity contribution in [3.63, 3.8) is 0 Å². The van der Waals surface area contributed by atoms with Gasteiger partial charge in [-0.05, 0) is 62.1 Å². The summed E-state index contributed by atoms with van der Waals surface area (Å²) in [6, 6.07) is 12.5. The summed E-state index contributed by atoms with van der Waals surface area (Å²) in [5.74, 6) is 0.444. The third-order valence-corrected chi connectivity index (χ3v) is 6.84. The summed E-state index contributed by atoms with van der Waals surface area (Å²) in [5.41, 5.74) is 2.51. The number of sulfonamides is 1. The lowest BCUT2D eigenvalue weighted by molar-refractivity contribution is -0.116. The predicted octanol–water partition coefficient (Wildman–Crippen LogP) is 3.89. The van der Waals surface area contributed by atoms with Crippen molar-refractivity contribution in [2.75, 3.05) is 25.0 Å². The van der Waals surface area contributed by atoms with E-state index in [1.807, 2.05) is 26.0 Å². The number of anilines is 1. The Kier molecular flexibility index (Phi) is 6.92. The minimum Gasteiger partial charge on any atom is -0.493 e. The molecule has 29 heavy (non-hydrogen) atoms. The van der Waals surface area contributed by atoms with Gasteiger partial charge in [0.15, 0.2) is 0 Å². The van der Waals surface area contributed by atoms with Crippen LogP contribution in [0.3, 0.4) is 0 Å². The van der Waals surface area contributed by atoms with Crippen LogP contribution >= 0.6 is 0 Å². The standard InChI is InChI=1S/C22H28N2O4S/c1-17-14-18(2)16-19(15-17)28-13-10-22(25)23-20-8-4-5-9-21(20)29(26,27)24-11-6-3-7-12-24/h4-5,8-9,14-16H,3,6-7,10-13H2,1-2H3,(H,23,25). The molecule has 1 N–H and O–H groups in total. The largest absolute Gasteiger partial charge is 0.493 e.